The van der Waals surface area contributed by atoms with E-state index in [-0.39, 0.29) is 17.5 Å². The molecule has 1 amide bonds. The third kappa shape index (κ3) is 4.40. The van der Waals surface area contributed by atoms with Gasteiger partial charge in [-0.2, -0.15) is 5.26 Å². The van der Waals surface area contributed by atoms with Crippen LogP contribution >= 0.6 is 23.2 Å². The molecule has 1 aromatic carbocycles. The van der Waals surface area contributed by atoms with Gasteiger partial charge in [-0.05, 0) is 25.0 Å². The topological polar surface area (TPSA) is 56.1 Å². The zero-order valence-electron chi connectivity index (χ0n) is 13.0. The number of amides is 1. The van der Waals surface area contributed by atoms with E-state index >= 15 is 0 Å². The minimum Gasteiger partial charge on any atom is -0.359 e. The van der Waals surface area contributed by atoms with Gasteiger partial charge in [-0.15, -0.1) is 0 Å². The van der Waals surface area contributed by atoms with Gasteiger partial charge in [0.1, 0.15) is 11.6 Å². The molecule has 1 aliphatic rings. The molecule has 0 aromatic heterocycles. The van der Waals surface area contributed by atoms with Gasteiger partial charge in [-0.3, -0.25) is 4.79 Å². The molecule has 0 unspecified atom stereocenters. The fourth-order valence-electron chi connectivity index (χ4n) is 2.73. The Labute approximate surface area is 146 Å². The highest BCUT2D eigenvalue weighted by atomic mass is 35.5. The van der Waals surface area contributed by atoms with Crippen LogP contribution in [0.5, 0.6) is 0 Å². The van der Waals surface area contributed by atoms with E-state index in [2.05, 4.69) is 5.32 Å². The maximum atomic E-state index is 12.5. The molecule has 0 saturated heterocycles. The first-order chi connectivity index (χ1) is 11.0. The lowest BCUT2D eigenvalue weighted by molar-refractivity contribution is -0.128. The monoisotopic (exact) mass is 351 g/mol. The average Bonchev–Trinajstić information content (AvgIpc) is 2.58. The largest absolute Gasteiger partial charge is 0.359 e. The van der Waals surface area contributed by atoms with Crippen molar-refractivity contribution in [2.75, 3.05) is 12.4 Å². The summed E-state index contributed by atoms with van der Waals surface area (Å²) in [6, 6.07) is 7.31. The Hall–Kier alpha value is -1.70. The number of hydrogen-bond acceptors (Lipinski definition) is 3. The number of carbonyl (C=O) groups excluding carboxylic acids is 1. The predicted octanol–water partition coefficient (Wildman–Crippen LogP) is 4.60. The Balaban J connectivity index is 2.10. The van der Waals surface area contributed by atoms with Crippen LogP contribution in [0, 0.1) is 11.3 Å². The van der Waals surface area contributed by atoms with Crippen LogP contribution in [0.1, 0.15) is 32.1 Å². The molecule has 0 radical (unpaired) electrons. The molecule has 0 atom stereocenters. The highest BCUT2D eigenvalue weighted by molar-refractivity contribution is 6.43. The second-order valence-corrected chi connectivity index (χ2v) is 6.41. The van der Waals surface area contributed by atoms with E-state index in [0.29, 0.717) is 15.7 Å². The molecule has 6 heteroatoms. The van der Waals surface area contributed by atoms with Crippen LogP contribution in [0.15, 0.2) is 30.0 Å². The van der Waals surface area contributed by atoms with Crippen molar-refractivity contribution in [1.82, 2.24) is 4.90 Å². The molecule has 1 saturated carbocycles. The summed E-state index contributed by atoms with van der Waals surface area (Å²) in [7, 11) is 1.76. The molecule has 4 nitrogen and oxygen atoms in total. The maximum Gasteiger partial charge on any atom is 0.266 e. The molecule has 122 valence electrons. The third-order valence-electron chi connectivity index (χ3n) is 4.12. The van der Waals surface area contributed by atoms with Gasteiger partial charge >= 0.3 is 0 Å². The molecule has 1 fully saturated rings. The molecular weight excluding hydrogens is 333 g/mol. The van der Waals surface area contributed by atoms with E-state index < -0.39 is 0 Å². The van der Waals surface area contributed by atoms with Crippen LogP contribution in [0.4, 0.5) is 5.69 Å². The summed E-state index contributed by atoms with van der Waals surface area (Å²) >= 11 is 12.0. The summed E-state index contributed by atoms with van der Waals surface area (Å²) in [5, 5.41) is 12.9. The van der Waals surface area contributed by atoms with Crippen molar-refractivity contribution in [3.63, 3.8) is 0 Å². The third-order valence-corrected chi connectivity index (χ3v) is 4.94. The number of nitrogens with one attached hydrogen (secondary N) is 1. The number of rotatable bonds is 4. The first kappa shape index (κ1) is 17.7. The van der Waals surface area contributed by atoms with E-state index in [4.69, 9.17) is 23.2 Å². The van der Waals surface area contributed by atoms with E-state index in [1.54, 1.807) is 30.1 Å². The molecule has 1 N–H and O–H groups in total. The summed E-state index contributed by atoms with van der Waals surface area (Å²) in [5.41, 5.74) is 0.606. The Kier molecular flexibility index (Phi) is 6.32. The van der Waals surface area contributed by atoms with Gasteiger partial charge < -0.3 is 10.2 Å². The van der Waals surface area contributed by atoms with E-state index in [1.165, 1.54) is 12.6 Å². The van der Waals surface area contributed by atoms with Gasteiger partial charge in [0.15, 0.2) is 0 Å². The molecule has 0 spiro atoms. The van der Waals surface area contributed by atoms with Crippen LogP contribution in [-0.4, -0.2) is 23.9 Å². The van der Waals surface area contributed by atoms with Gasteiger partial charge in [-0.1, -0.05) is 48.5 Å². The summed E-state index contributed by atoms with van der Waals surface area (Å²) in [4.78, 5) is 14.2. The predicted molar refractivity (Wildman–Crippen MR) is 93.4 cm³/mol. The number of benzene rings is 1. The molecule has 0 aliphatic heterocycles. The second-order valence-electron chi connectivity index (χ2n) is 5.62. The van der Waals surface area contributed by atoms with Crippen molar-refractivity contribution in [1.29, 1.82) is 5.26 Å². The van der Waals surface area contributed by atoms with Crippen LogP contribution in [0.3, 0.4) is 0 Å². The van der Waals surface area contributed by atoms with Crippen molar-refractivity contribution in [3.8, 4) is 6.07 Å². The van der Waals surface area contributed by atoms with Crippen LogP contribution < -0.4 is 5.32 Å². The molecular formula is C17H19Cl2N3O. The van der Waals surface area contributed by atoms with Gasteiger partial charge in [0.2, 0.25) is 0 Å². The highest BCUT2D eigenvalue weighted by Crippen LogP contribution is 2.29. The summed E-state index contributed by atoms with van der Waals surface area (Å²) in [5.74, 6) is -0.273. The summed E-state index contributed by atoms with van der Waals surface area (Å²) in [6.07, 6.45) is 6.85. The van der Waals surface area contributed by atoms with Crippen LogP contribution in [-0.2, 0) is 4.79 Å². The number of nitrogens with zero attached hydrogens (tertiary/aromatic N) is 2. The molecule has 0 bridgehead atoms. The van der Waals surface area contributed by atoms with Gasteiger partial charge in [0, 0.05) is 19.3 Å². The van der Waals surface area contributed by atoms with Crippen LogP contribution in [0.2, 0.25) is 10.0 Å². The Morgan fingerprint density at radius 2 is 2.04 bits per heavy atom. The first-order valence-corrected chi connectivity index (χ1v) is 8.38. The Morgan fingerprint density at radius 1 is 1.35 bits per heavy atom. The minimum atomic E-state index is -0.273. The fourth-order valence-corrected chi connectivity index (χ4v) is 3.09. The SMILES string of the molecule is CN(C(=O)/C(C#N)=C\Nc1cccc(Cl)c1Cl)C1CCCCC1. The van der Waals surface area contributed by atoms with Gasteiger partial charge in [-0.25, -0.2) is 0 Å². The smallest absolute Gasteiger partial charge is 0.266 e. The fraction of sp³-hybridized carbons (Fsp3) is 0.412. The maximum absolute atomic E-state index is 12.5. The lowest BCUT2D eigenvalue weighted by Crippen LogP contribution is -2.39. The average molecular weight is 352 g/mol. The quantitative estimate of drug-likeness (QED) is 0.636. The van der Waals surface area contributed by atoms with Crippen molar-refractivity contribution in [2.45, 2.75) is 38.1 Å². The Morgan fingerprint density at radius 3 is 2.70 bits per heavy atom. The van der Waals surface area contributed by atoms with Crippen molar-refractivity contribution in [2.24, 2.45) is 0 Å². The molecule has 0 heterocycles. The number of hydrogen-bond donors (Lipinski definition) is 1. The number of carbonyl (C=O) groups is 1. The summed E-state index contributed by atoms with van der Waals surface area (Å²) < 4.78 is 0. The van der Waals surface area contributed by atoms with E-state index in [1.807, 2.05) is 6.07 Å². The molecule has 23 heavy (non-hydrogen) atoms. The second kappa shape index (κ2) is 8.24. The van der Waals surface area contributed by atoms with E-state index in [9.17, 15) is 10.1 Å². The first-order valence-electron chi connectivity index (χ1n) is 7.62. The summed E-state index contributed by atoms with van der Waals surface area (Å²) in [6.45, 7) is 0. The van der Waals surface area contributed by atoms with Crippen LogP contribution in [0.25, 0.3) is 0 Å². The van der Waals surface area contributed by atoms with Crippen molar-refractivity contribution >= 4 is 34.8 Å². The lowest BCUT2D eigenvalue weighted by atomic mass is 9.94. The Bertz CT molecular complexity index is 646. The standard InChI is InChI=1S/C17H19Cl2N3O/c1-22(13-6-3-2-4-7-13)17(23)12(10-20)11-21-15-9-5-8-14(18)16(15)19/h5,8-9,11,13,21H,2-4,6-7H2,1H3/b12-11-. The minimum absolute atomic E-state index is 0.0501. The lowest BCUT2D eigenvalue weighted by Gasteiger charge is -2.31. The number of likely N-dealkylation sites (N-methyl/N-ethyl adjacent to an activating group) is 1. The van der Waals surface area contributed by atoms with Gasteiger partial charge in [0.05, 0.1) is 15.7 Å². The normalized spacial score (nSPS) is 15.8. The number of nitriles is 1. The van der Waals surface area contributed by atoms with Crippen molar-refractivity contribution < 1.29 is 4.79 Å². The van der Waals surface area contributed by atoms with E-state index in [0.717, 1.165) is 25.7 Å². The zero-order chi connectivity index (χ0) is 16.8. The molecule has 1 aromatic rings. The number of anilines is 1. The number of halogens is 2. The highest BCUT2D eigenvalue weighted by Gasteiger charge is 2.24. The molecule has 1 aliphatic carbocycles. The van der Waals surface area contributed by atoms with Gasteiger partial charge in [0.25, 0.3) is 5.91 Å². The zero-order valence-corrected chi connectivity index (χ0v) is 14.5. The molecule has 2 rings (SSSR count). The van der Waals surface area contributed by atoms with Crippen molar-refractivity contribution in [3.05, 3.63) is 40.0 Å².